The van der Waals surface area contributed by atoms with E-state index in [0.29, 0.717) is 36.1 Å². The molecule has 1 N–H and O–H groups in total. The number of ether oxygens (including phenoxy) is 2. The van der Waals surface area contributed by atoms with Crippen molar-refractivity contribution in [2.45, 2.75) is 38.9 Å². The van der Waals surface area contributed by atoms with E-state index in [4.69, 9.17) is 21.1 Å². The minimum absolute atomic E-state index is 0.517. The fraction of sp³-hybridized carbons (Fsp3) is 0.625. The normalized spacial score (nSPS) is 26.4. The van der Waals surface area contributed by atoms with Crippen LogP contribution in [0.25, 0.3) is 0 Å². The topological polar surface area (TPSA) is 33.7 Å². The number of fused-ring (bicyclic) bond motifs is 1. The van der Waals surface area contributed by atoms with Crippen LogP contribution in [0.2, 0.25) is 5.02 Å². The standard InChI is InChI=1S/C16H23ClN2O2/c1-11-8-18-9-12(2)19(11)10-13-6-14(17)16-15(7-13)20-4-3-5-21-16/h6-7,11-12,18H,3-5,8-10H2,1-2H3. The Morgan fingerprint density at radius 2 is 1.90 bits per heavy atom. The lowest BCUT2D eigenvalue weighted by molar-refractivity contribution is 0.108. The van der Waals surface area contributed by atoms with E-state index in [1.807, 2.05) is 6.07 Å². The lowest BCUT2D eigenvalue weighted by atomic mass is 10.1. The van der Waals surface area contributed by atoms with E-state index >= 15 is 0 Å². The summed E-state index contributed by atoms with van der Waals surface area (Å²) in [6.45, 7) is 8.82. The largest absolute Gasteiger partial charge is 0.489 e. The molecule has 0 amide bonds. The Morgan fingerprint density at radius 1 is 1.19 bits per heavy atom. The molecule has 1 saturated heterocycles. The van der Waals surface area contributed by atoms with E-state index in [-0.39, 0.29) is 0 Å². The molecule has 116 valence electrons. The number of piperazine rings is 1. The first-order chi connectivity index (χ1) is 10.1. The van der Waals surface area contributed by atoms with Gasteiger partial charge in [-0.1, -0.05) is 11.6 Å². The molecule has 2 heterocycles. The highest BCUT2D eigenvalue weighted by atomic mass is 35.5. The number of benzene rings is 1. The van der Waals surface area contributed by atoms with Crippen molar-refractivity contribution in [3.8, 4) is 11.5 Å². The van der Waals surface area contributed by atoms with Gasteiger partial charge in [0, 0.05) is 38.1 Å². The number of hydrogen-bond acceptors (Lipinski definition) is 4. The molecule has 4 nitrogen and oxygen atoms in total. The number of nitrogens with one attached hydrogen (secondary N) is 1. The fourth-order valence-electron chi connectivity index (χ4n) is 3.07. The second-order valence-electron chi connectivity index (χ2n) is 5.98. The van der Waals surface area contributed by atoms with E-state index in [2.05, 4.69) is 30.1 Å². The zero-order chi connectivity index (χ0) is 14.8. The number of rotatable bonds is 2. The van der Waals surface area contributed by atoms with Crippen molar-refractivity contribution in [3.05, 3.63) is 22.7 Å². The maximum absolute atomic E-state index is 6.37. The highest BCUT2D eigenvalue weighted by molar-refractivity contribution is 6.32. The summed E-state index contributed by atoms with van der Waals surface area (Å²) in [5.74, 6) is 1.48. The minimum Gasteiger partial charge on any atom is -0.489 e. The molecular formula is C16H23ClN2O2. The van der Waals surface area contributed by atoms with Gasteiger partial charge in [0.05, 0.1) is 18.2 Å². The van der Waals surface area contributed by atoms with Gasteiger partial charge in [-0.3, -0.25) is 4.90 Å². The summed E-state index contributed by atoms with van der Waals surface area (Å²) in [6, 6.07) is 5.12. The summed E-state index contributed by atoms with van der Waals surface area (Å²) in [7, 11) is 0. The summed E-state index contributed by atoms with van der Waals surface area (Å²) in [4.78, 5) is 2.51. The predicted molar refractivity (Wildman–Crippen MR) is 84.4 cm³/mol. The van der Waals surface area contributed by atoms with Gasteiger partial charge >= 0.3 is 0 Å². The van der Waals surface area contributed by atoms with Gasteiger partial charge in [-0.05, 0) is 31.5 Å². The third-order valence-electron chi connectivity index (χ3n) is 4.24. The van der Waals surface area contributed by atoms with Gasteiger partial charge in [0.2, 0.25) is 0 Å². The maximum Gasteiger partial charge on any atom is 0.179 e. The molecule has 2 aliphatic heterocycles. The molecule has 0 spiro atoms. The Hall–Kier alpha value is -0.970. The third kappa shape index (κ3) is 3.28. The van der Waals surface area contributed by atoms with Crippen LogP contribution in [0, 0.1) is 0 Å². The maximum atomic E-state index is 6.37. The molecule has 0 bridgehead atoms. The molecule has 1 aromatic rings. The van der Waals surface area contributed by atoms with Crippen LogP contribution in [0.15, 0.2) is 12.1 Å². The Kier molecular flexibility index (Phi) is 4.57. The van der Waals surface area contributed by atoms with Crippen LogP contribution in [0.1, 0.15) is 25.8 Å². The summed E-state index contributed by atoms with van der Waals surface area (Å²) in [5, 5.41) is 4.11. The van der Waals surface area contributed by atoms with Gasteiger partial charge in [-0.2, -0.15) is 0 Å². The highest BCUT2D eigenvalue weighted by Crippen LogP contribution is 2.38. The molecule has 2 atom stereocenters. The van der Waals surface area contributed by atoms with Gasteiger partial charge in [0.25, 0.3) is 0 Å². The van der Waals surface area contributed by atoms with E-state index in [9.17, 15) is 0 Å². The first kappa shape index (κ1) is 14.9. The SMILES string of the molecule is CC1CNCC(C)N1Cc1cc(Cl)c2c(c1)OCCCO2. The first-order valence-corrected chi connectivity index (χ1v) is 8.07. The average Bonchev–Trinajstić information content (AvgIpc) is 2.69. The average molecular weight is 311 g/mol. The van der Waals surface area contributed by atoms with Crippen molar-refractivity contribution in [1.82, 2.24) is 10.2 Å². The smallest absolute Gasteiger partial charge is 0.179 e. The fourth-order valence-corrected chi connectivity index (χ4v) is 3.36. The van der Waals surface area contributed by atoms with Crippen LogP contribution in [-0.2, 0) is 6.54 Å². The third-order valence-corrected chi connectivity index (χ3v) is 4.52. The van der Waals surface area contributed by atoms with Crippen LogP contribution >= 0.6 is 11.6 Å². The quantitative estimate of drug-likeness (QED) is 0.910. The van der Waals surface area contributed by atoms with Gasteiger partial charge in [-0.15, -0.1) is 0 Å². The molecule has 5 heteroatoms. The molecule has 0 saturated carbocycles. The minimum atomic E-state index is 0.517. The van der Waals surface area contributed by atoms with Gasteiger partial charge in [0.1, 0.15) is 0 Å². The summed E-state index contributed by atoms with van der Waals surface area (Å²) >= 11 is 6.37. The van der Waals surface area contributed by atoms with Crippen molar-refractivity contribution in [3.63, 3.8) is 0 Å². The van der Waals surface area contributed by atoms with E-state index in [0.717, 1.165) is 31.8 Å². The first-order valence-electron chi connectivity index (χ1n) is 7.69. The van der Waals surface area contributed by atoms with Gasteiger partial charge < -0.3 is 14.8 Å². The lowest BCUT2D eigenvalue weighted by Crippen LogP contribution is -2.54. The Bertz CT molecular complexity index is 499. The second kappa shape index (κ2) is 6.42. The molecule has 1 aromatic carbocycles. The summed E-state index contributed by atoms with van der Waals surface area (Å²) in [5.41, 5.74) is 1.19. The number of halogens is 1. The van der Waals surface area contributed by atoms with Crippen LogP contribution in [0.4, 0.5) is 0 Å². The van der Waals surface area contributed by atoms with E-state index in [1.54, 1.807) is 0 Å². The number of hydrogen-bond donors (Lipinski definition) is 1. The molecule has 3 rings (SSSR count). The van der Waals surface area contributed by atoms with Crippen molar-refractivity contribution < 1.29 is 9.47 Å². The van der Waals surface area contributed by atoms with Crippen LogP contribution < -0.4 is 14.8 Å². The van der Waals surface area contributed by atoms with Crippen molar-refractivity contribution in [2.24, 2.45) is 0 Å². The molecule has 0 aliphatic carbocycles. The molecule has 0 radical (unpaired) electrons. The highest BCUT2D eigenvalue weighted by Gasteiger charge is 2.25. The summed E-state index contributed by atoms with van der Waals surface area (Å²) < 4.78 is 11.5. The Morgan fingerprint density at radius 3 is 2.67 bits per heavy atom. The summed E-state index contributed by atoms with van der Waals surface area (Å²) in [6.07, 6.45) is 0.895. The molecule has 2 aliphatic rings. The van der Waals surface area contributed by atoms with Gasteiger partial charge in [-0.25, -0.2) is 0 Å². The van der Waals surface area contributed by atoms with Gasteiger partial charge in [0.15, 0.2) is 11.5 Å². The van der Waals surface area contributed by atoms with Crippen LogP contribution in [-0.4, -0.2) is 43.3 Å². The molecule has 1 fully saturated rings. The van der Waals surface area contributed by atoms with Crippen LogP contribution in [0.5, 0.6) is 11.5 Å². The second-order valence-corrected chi connectivity index (χ2v) is 6.39. The number of nitrogens with zero attached hydrogens (tertiary/aromatic N) is 1. The molecule has 0 aromatic heterocycles. The zero-order valence-corrected chi connectivity index (χ0v) is 13.4. The lowest BCUT2D eigenvalue weighted by Gasteiger charge is -2.39. The van der Waals surface area contributed by atoms with Crippen molar-refractivity contribution >= 4 is 11.6 Å². The van der Waals surface area contributed by atoms with Crippen molar-refractivity contribution in [2.75, 3.05) is 26.3 Å². The van der Waals surface area contributed by atoms with E-state index < -0.39 is 0 Å². The zero-order valence-electron chi connectivity index (χ0n) is 12.7. The van der Waals surface area contributed by atoms with Crippen LogP contribution in [0.3, 0.4) is 0 Å². The Labute approximate surface area is 131 Å². The van der Waals surface area contributed by atoms with Crippen molar-refractivity contribution in [1.29, 1.82) is 0 Å². The molecule has 21 heavy (non-hydrogen) atoms. The predicted octanol–water partition coefficient (Wildman–Crippen LogP) is 2.68. The molecule has 2 unspecified atom stereocenters. The monoisotopic (exact) mass is 310 g/mol. The van der Waals surface area contributed by atoms with E-state index in [1.165, 1.54) is 5.56 Å². The Balaban J connectivity index is 1.82. The molecular weight excluding hydrogens is 288 g/mol.